The molecule has 5 nitrogen and oxygen atoms in total. The lowest BCUT2D eigenvalue weighted by Crippen LogP contribution is -2.46. The topological polar surface area (TPSA) is 41.5 Å². The Bertz CT molecular complexity index is 1170. The van der Waals surface area contributed by atoms with Crippen LogP contribution in [0.5, 0.6) is 5.75 Å². The molecule has 0 atom stereocenters. The summed E-state index contributed by atoms with van der Waals surface area (Å²) < 4.78 is 7.75. The van der Waals surface area contributed by atoms with Gasteiger partial charge in [-0.1, -0.05) is 46.4 Å². The first-order chi connectivity index (χ1) is 14.0. The normalized spacial score (nSPS) is 14.9. The Kier molecular flexibility index (Phi) is 4.76. The summed E-state index contributed by atoms with van der Waals surface area (Å²) in [5.74, 6) is 0.769. The van der Waals surface area contributed by atoms with Crippen LogP contribution in [0, 0.1) is 13.8 Å². The largest absolute Gasteiger partial charge is 0.494 e. The van der Waals surface area contributed by atoms with E-state index in [2.05, 4.69) is 35.8 Å². The predicted molar refractivity (Wildman–Crippen MR) is 125 cm³/mol. The number of halogens is 1. The lowest BCUT2D eigenvalue weighted by atomic mass is 10.1. The quantitative estimate of drug-likeness (QED) is 0.416. The number of fused-ring (bicyclic) bond motifs is 2. The number of hydrogen-bond donors (Lipinski definition) is 0. The standard InChI is InChI=1S/C21H21ClN4OS2/c1-12-4-5-13(2)18-16(12)23-20(28-18)25-8-10-26(11-9-25)21-24-17-15(27-3)7-6-14(22)19(17)29-21/h4-7H,8-11H2,1-3H3. The molecule has 0 aliphatic carbocycles. The average Bonchev–Trinajstić information content (AvgIpc) is 3.38. The molecule has 29 heavy (non-hydrogen) atoms. The maximum atomic E-state index is 6.39. The molecule has 1 aliphatic rings. The highest BCUT2D eigenvalue weighted by atomic mass is 35.5. The highest BCUT2D eigenvalue weighted by molar-refractivity contribution is 7.23. The molecule has 2 aromatic carbocycles. The summed E-state index contributed by atoms with van der Waals surface area (Å²) in [6.07, 6.45) is 0. The van der Waals surface area contributed by atoms with Gasteiger partial charge < -0.3 is 14.5 Å². The van der Waals surface area contributed by atoms with E-state index in [-0.39, 0.29) is 0 Å². The second-order valence-electron chi connectivity index (χ2n) is 7.27. The van der Waals surface area contributed by atoms with Gasteiger partial charge in [0.2, 0.25) is 0 Å². The van der Waals surface area contributed by atoms with Crippen molar-refractivity contribution >= 4 is 65.0 Å². The molecule has 1 fully saturated rings. The SMILES string of the molecule is COc1ccc(Cl)c2sc(N3CCN(c4nc5c(C)ccc(C)c5s4)CC3)nc12. The van der Waals surface area contributed by atoms with Crippen LogP contribution in [0.1, 0.15) is 11.1 Å². The third-order valence-corrected chi connectivity index (χ3v) is 8.25. The maximum absolute atomic E-state index is 6.39. The molecule has 150 valence electrons. The number of aryl methyl sites for hydroxylation is 2. The van der Waals surface area contributed by atoms with E-state index < -0.39 is 0 Å². The van der Waals surface area contributed by atoms with Gasteiger partial charge >= 0.3 is 0 Å². The maximum Gasteiger partial charge on any atom is 0.186 e. The van der Waals surface area contributed by atoms with Crippen LogP contribution in [-0.4, -0.2) is 43.3 Å². The van der Waals surface area contributed by atoms with Crippen LogP contribution in [0.25, 0.3) is 20.4 Å². The monoisotopic (exact) mass is 444 g/mol. The Labute approximate surface area is 182 Å². The van der Waals surface area contributed by atoms with Crippen LogP contribution in [0.2, 0.25) is 5.02 Å². The molecule has 8 heteroatoms. The van der Waals surface area contributed by atoms with Gasteiger partial charge in [0.15, 0.2) is 10.3 Å². The Morgan fingerprint density at radius 3 is 2.03 bits per heavy atom. The van der Waals surface area contributed by atoms with Gasteiger partial charge in [-0.2, -0.15) is 0 Å². The van der Waals surface area contributed by atoms with Gasteiger partial charge in [0.1, 0.15) is 11.3 Å². The molecule has 0 N–H and O–H groups in total. The Morgan fingerprint density at radius 2 is 1.41 bits per heavy atom. The van der Waals surface area contributed by atoms with Crippen molar-refractivity contribution in [2.75, 3.05) is 43.1 Å². The molecule has 5 rings (SSSR count). The van der Waals surface area contributed by atoms with E-state index in [1.807, 2.05) is 12.1 Å². The molecule has 4 aromatic rings. The average molecular weight is 445 g/mol. The van der Waals surface area contributed by atoms with Crippen molar-refractivity contribution in [2.24, 2.45) is 0 Å². The van der Waals surface area contributed by atoms with Crippen molar-refractivity contribution in [3.05, 3.63) is 40.4 Å². The number of methoxy groups -OCH3 is 1. The van der Waals surface area contributed by atoms with Crippen molar-refractivity contribution in [2.45, 2.75) is 13.8 Å². The first-order valence-corrected chi connectivity index (χ1v) is 11.6. The fraction of sp³-hybridized carbons (Fsp3) is 0.333. The molecular weight excluding hydrogens is 424 g/mol. The van der Waals surface area contributed by atoms with Gasteiger partial charge in [-0.15, -0.1) is 0 Å². The molecule has 2 aromatic heterocycles. The van der Waals surface area contributed by atoms with E-state index >= 15 is 0 Å². The van der Waals surface area contributed by atoms with Crippen LogP contribution in [0.3, 0.4) is 0 Å². The van der Waals surface area contributed by atoms with Crippen molar-refractivity contribution in [1.29, 1.82) is 0 Å². The number of anilines is 2. The first kappa shape index (κ1) is 18.9. The fourth-order valence-corrected chi connectivity index (χ4v) is 6.18. The number of thiazole rings is 2. The number of aromatic nitrogens is 2. The van der Waals surface area contributed by atoms with Crippen LogP contribution in [0.4, 0.5) is 10.3 Å². The zero-order valence-electron chi connectivity index (χ0n) is 16.5. The third kappa shape index (κ3) is 3.21. The summed E-state index contributed by atoms with van der Waals surface area (Å²) >= 11 is 9.82. The Morgan fingerprint density at radius 1 is 0.828 bits per heavy atom. The van der Waals surface area contributed by atoms with Crippen molar-refractivity contribution in [1.82, 2.24) is 9.97 Å². The van der Waals surface area contributed by atoms with E-state index in [4.69, 9.17) is 26.3 Å². The van der Waals surface area contributed by atoms with Crippen LogP contribution < -0.4 is 14.5 Å². The predicted octanol–water partition coefficient (Wildman–Crippen LogP) is 5.51. The van der Waals surface area contributed by atoms with Gasteiger partial charge in [0.25, 0.3) is 0 Å². The van der Waals surface area contributed by atoms with E-state index in [1.165, 1.54) is 15.8 Å². The molecular formula is C21H21ClN4OS2. The zero-order valence-corrected chi connectivity index (χ0v) is 18.9. The second-order valence-corrected chi connectivity index (χ2v) is 9.63. The number of nitrogens with zero attached hydrogens (tertiary/aromatic N) is 4. The molecule has 0 saturated carbocycles. The smallest absolute Gasteiger partial charge is 0.186 e. The number of ether oxygens (including phenoxy) is 1. The minimum Gasteiger partial charge on any atom is -0.494 e. The van der Waals surface area contributed by atoms with Crippen molar-refractivity contribution in [3.8, 4) is 5.75 Å². The van der Waals surface area contributed by atoms with Crippen LogP contribution in [-0.2, 0) is 0 Å². The van der Waals surface area contributed by atoms with Crippen LogP contribution in [0.15, 0.2) is 24.3 Å². The van der Waals surface area contributed by atoms with E-state index in [0.717, 1.165) is 62.9 Å². The number of rotatable bonds is 3. The number of hydrogen-bond acceptors (Lipinski definition) is 7. The van der Waals surface area contributed by atoms with Gasteiger partial charge in [0.05, 0.1) is 27.0 Å². The first-order valence-electron chi connectivity index (χ1n) is 9.55. The molecule has 0 amide bonds. The second kappa shape index (κ2) is 7.31. The van der Waals surface area contributed by atoms with E-state index in [0.29, 0.717) is 0 Å². The number of benzene rings is 2. The summed E-state index contributed by atoms with van der Waals surface area (Å²) in [5, 5.41) is 2.84. The van der Waals surface area contributed by atoms with Crippen molar-refractivity contribution < 1.29 is 4.74 Å². The molecule has 0 unspecified atom stereocenters. The summed E-state index contributed by atoms with van der Waals surface area (Å²) in [6.45, 7) is 7.97. The number of piperazine rings is 1. The summed E-state index contributed by atoms with van der Waals surface area (Å²) in [5.41, 5.74) is 4.53. The van der Waals surface area contributed by atoms with Gasteiger partial charge in [-0.25, -0.2) is 9.97 Å². The minimum atomic E-state index is 0.725. The van der Waals surface area contributed by atoms with E-state index in [9.17, 15) is 0 Å². The summed E-state index contributed by atoms with van der Waals surface area (Å²) in [4.78, 5) is 14.5. The summed E-state index contributed by atoms with van der Waals surface area (Å²) in [6, 6.07) is 8.10. The summed E-state index contributed by atoms with van der Waals surface area (Å²) in [7, 11) is 1.67. The van der Waals surface area contributed by atoms with E-state index in [1.54, 1.807) is 29.8 Å². The molecule has 1 aliphatic heterocycles. The van der Waals surface area contributed by atoms with Crippen LogP contribution >= 0.6 is 34.3 Å². The highest BCUT2D eigenvalue weighted by Crippen LogP contribution is 2.39. The molecule has 3 heterocycles. The van der Waals surface area contributed by atoms with Crippen molar-refractivity contribution in [3.63, 3.8) is 0 Å². The van der Waals surface area contributed by atoms with Gasteiger partial charge in [-0.05, 0) is 37.1 Å². The fourth-order valence-electron chi connectivity index (χ4n) is 3.71. The lowest BCUT2D eigenvalue weighted by molar-refractivity contribution is 0.419. The molecule has 0 bridgehead atoms. The molecule has 0 radical (unpaired) electrons. The lowest BCUT2D eigenvalue weighted by Gasteiger charge is -2.34. The molecule has 1 saturated heterocycles. The molecule has 0 spiro atoms. The minimum absolute atomic E-state index is 0.725. The third-order valence-electron chi connectivity index (χ3n) is 5.42. The van der Waals surface area contributed by atoms with Gasteiger partial charge in [-0.3, -0.25) is 0 Å². The zero-order chi connectivity index (χ0) is 20.1. The Hall–Kier alpha value is -2.09. The van der Waals surface area contributed by atoms with Gasteiger partial charge in [0, 0.05) is 26.2 Å². The highest BCUT2D eigenvalue weighted by Gasteiger charge is 2.24. The Balaban J connectivity index is 1.38.